The molecule has 1 aliphatic rings. The molecule has 78 valence electrons. The smallest absolute Gasteiger partial charge is 0.336 e. The van der Waals surface area contributed by atoms with Gasteiger partial charge in [0.1, 0.15) is 11.9 Å². The Balaban J connectivity index is 2.14. The molecule has 0 fully saturated rings. The fourth-order valence-electron chi connectivity index (χ4n) is 1.64. The van der Waals surface area contributed by atoms with Crippen LogP contribution in [0.5, 0.6) is 5.75 Å². The third kappa shape index (κ3) is 1.73. The molecule has 1 atom stereocenters. The van der Waals surface area contributed by atoms with Crippen LogP contribution in [0, 0.1) is 0 Å². The van der Waals surface area contributed by atoms with Gasteiger partial charge in [0.2, 0.25) is 0 Å². The monoisotopic (exact) mass is 204 g/mol. The van der Waals surface area contributed by atoms with Crippen LogP contribution in [0.2, 0.25) is 0 Å². The van der Waals surface area contributed by atoms with Crippen molar-refractivity contribution in [3.8, 4) is 5.75 Å². The van der Waals surface area contributed by atoms with E-state index in [0.717, 1.165) is 11.3 Å². The van der Waals surface area contributed by atoms with Crippen molar-refractivity contribution in [3.05, 3.63) is 42.0 Å². The molecule has 0 bridgehead atoms. The minimum atomic E-state index is -0.409. The molecule has 0 saturated carbocycles. The summed E-state index contributed by atoms with van der Waals surface area (Å²) < 4.78 is 10.2. The Hall–Kier alpha value is -1.77. The van der Waals surface area contributed by atoms with Gasteiger partial charge in [0, 0.05) is 6.42 Å². The second-order valence-electron chi connectivity index (χ2n) is 3.44. The van der Waals surface area contributed by atoms with Gasteiger partial charge in [-0.1, -0.05) is 24.8 Å². The quantitative estimate of drug-likeness (QED) is 0.543. The minimum absolute atomic E-state index is 0.283. The zero-order valence-corrected chi connectivity index (χ0v) is 8.53. The first-order valence-corrected chi connectivity index (χ1v) is 4.74. The molecular weight excluding hydrogens is 192 g/mol. The molecular formula is C12H12O3. The van der Waals surface area contributed by atoms with Crippen LogP contribution in [-0.2, 0) is 16.0 Å². The van der Waals surface area contributed by atoms with Gasteiger partial charge in [0.05, 0.1) is 12.7 Å². The first-order valence-electron chi connectivity index (χ1n) is 4.74. The van der Waals surface area contributed by atoms with Crippen LogP contribution in [0.3, 0.4) is 0 Å². The predicted molar refractivity (Wildman–Crippen MR) is 55.7 cm³/mol. The third-order valence-electron chi connectivity index (χ3n) is 2.48. The molecule has 0 spiro atoms. The van der Waals surface area contributed by atoms with Crippen molar-refractivity contribution in [2.75, 3.05) is 7.11 Å². The molecule has 1 aromatic carbocycles. The lowest BCUT2D eigenvalue weighted by atomic mass is 10.1. The lowest BCUT2D eigenvalue weighted by Crippen LogP contribution is -2.22. The maximum absolute atomic E-state index is 11.2. The number of benzene rings is 1. The second-order valence-corrected chi connectivity index (χ2v) is 3.44. The van der Waals surface area contributed by atoms with Crippen LogP contribution in [0.4, 0.5) is 0 Å². The summed E-state index contributed by atoms with van der Waals surface area (Å²) in [7, 11) is 1.34. The van der Waals surface area contributed by atoms with E-state index in [1.54, 1.807) is 0 Å². The van der Waals surface area contributed by atoms with E-state index in [4.69, 9.17) is 4.74 Å². The van der Waals surface area contributed by atoms with Gasteiger partial charge in [-0.3, -0.25) is 0 Å². The summed E-state index contributed by atoms with van der Waals surface area (Å²) in [6, 6.07) is 7.73. The van der Waals surface area contributed by atoms with Crippen LogP contribution < -0.4 is 4.74 Å². The maximum Gasteiger partial charge on any atom is 0.336 e. The summed E-state index contributed by atoms with van der Waals surface area (Å²) in [5.74, 6) is 0.417. The van der Waals surface area contributed by atoms with Crippen molar-refractivity contribution in [2.24, 2.45) is 0 Å². The highest BCUT2D eigenvalue weighted by atomic mass is 16.5. The van der Waals surface area contributed by atoms with E-state index in [-0.39, 0.29) is 6.10 Å². The van der Waals surface area contributed by atoms with Crippen LogP contribution in [0.25, 0.3) is 0 Å². The Morgan fingerprint density at radius 2 is 2.27 bits per heavy atom. The van der Waals surface area contributed by atoms with Crippen molar-refractivity contribution in [1.82, 2.24) is 0 Å². The largest absolute Gasteiger partial charge is 0.485 e. The second kappa shape index (κ2) is 3.77. The Labute approximate surface area is 88.3 Å². The molecule has 15 heavy (non-hydrogen) atoms. The van der Waals surface area contributed by atoms with Crippen molar-refractivity contribution < 1.29 is 14.3 Å². The molecule has 0 N–H and O–H groups in total. The number of carbonyl (C=O) groups is 1. The van der Waals surface area contributed by atoms with E-state index in [0.29, 0.717) is 12.0 Å². The zero-order valence-electron chi connectivity index (χ0n) is 8.53. The Morgan fingerprint density at radius 1 is 1.53 bits per heavy atom. The number of esters is 1. The SMILES string of the molecule is C=C(C(=O)OC)C1Cc2ccccc2O1. The maximum atomic E-state index is 11.2. The Morgan fingerprint density at radius 3 is 2.93 bits per heavy atom. The third-order valence-corrected chi connectivity index (χ3v) is 2.48. The standard InChI is InChI=1S/C12H12O3/c1-8(12(13)14-2)11-7-9-5-3-4-6-10(9)15-11/h3-6,11H,1,7H2,2H3. The van der Waals surface area contributed by atoms with Crippen molar-refractivity contribution in [1.29, 1.82) is 0 Å². The summed E-state index contributed by atoms with van der Waals surface area (Å²) in [5.41, 5.74) is 1.47. The van der Waals surface area contributed by atoms with Crippen LogP contribution in [-0.4, -0.2) is 19.2 Å². The molecule has 1 unspecified atom stereocenters. The predicted octanol–water partition coefficient (Wildman–Crippen LogP) is 1.72. The van der Waals surface area contributed by atoms with Gasteiger partial charge < -0.3 is 9.47 Å². The highest BCUT2D eigenvalue weighted by Gasteiger charge is 2.28. The molecule has 3 nitrogen and oxygen atoms in total. The molecule has 2 rings (SSSR count). The molecule has 1 aliphatic heterocycles. The number of rotatable bonds is 2. The topological polar surface area (TPSA) is 35.5 Å². The van der Waals surface area contributed by atoms with Gasteiger partial charge in [0.15, 0.2) is 0 Å². The molecule has 1 aromatic rings. The lowest BCUT2D eigenvalue weighted by molar-refractivity contribution is -0.136. The van der Waals surface area contributed by atoms with E-state index in [2.05, 4.69) is 11.3 Å². The average molecular weight is 204 g/mol. The van der Waals surface area contributed by atoms with E-state index < -0.39 is 5.97 Å². The van der Waals surface area contributed by atoms with Gasteiger partial charge in [-0.25, -0.2) is 4.79 Å². The van der Waals surface area contributed by atoms with Crippen LogP contribution in [0.1, 0.15) is 5.56 Å². The summed E-state index contributed by atoms with van der Waals surface area (Å²) in [6.45, 7) is 3.69. The summed E-state index contributed by atoms with van der Waals surface area (Å²) in [4.78, 5) is 11.2. The number of para-hydroxylation sites is 1. The summed E-state index contributed by atoms with van der Waals surface area (Å²) >= 11 is 0. The van der Waals surface area contributed by atoms with Gasteiger partial charge in [-0.05, 0) is 11.6 Å². The Kier molecular flexibility index (Phi) is 2.46. The van der Waals surface area contributed by atoms with E-state index >= 15 is 0 Å². The fraction of sp³-hybridized carbons (Fsp3) is 0.250. The first-order chi connectivity index (χ1) is 7.22. The number of methoxy groups -OCH3 is 1. The number of hydrogen-bond donors (Lipinski definition) is 0. The summed E-state index contributed by atoms with van der Waals surface area (Å²) in [6.07, 6.45) is 0.402. The molecule has 0 amide bonds. The number of fused-ring (bicyclic) bond motifs is 1. The van der Waals surface area contributed by atoms with Crippen LogP contribution >= 0.6 is 0 Å². The van der Waals surface area contributed by atoms with Gasteiger partial charge in [-0.2, -0.15) is 0 Å². The van der Waals surface area contributed by atoms with E-state index in [9.17, 15) is 4.79 Å². The Bertz CT molecular complexity index is 384. The fourth-order valence-corrected chi connectivity index (χ4v) is 1.64. The molecule has 0 radical (unpaired) electrons. The number of ether oxygens (including phenoxy) is 2. The number of carbonyl (C=O) groups excluding carboxylic acids is 1. The summed E-state index contributed by atoms with van der Waals surface area (Å²) in [5, 5.41) is 0. The molecule has 3 heteroatoms. The highest BCUT2D eigenvalue weighted by molar-refractivity contribution is 5.89. The van der Waals surface area contributed by atoms with Gasteiger partial charge >= 0.3 is 5.97 Å². The van der Waals surface area contributed by atoms with Crippen LogP contribution in [0.15, 0.2) is 36.4 Å². The van der Waals surface area contributed by atoms with Crippen molar-refractivity contribution >= 4 is 5.97 Å². The average Bonchev–Trinajstić information content (AvgIpc) is 2.70. The first kappa shape index (κ1) is 9.77. The zero-order chi connectivity index (χ0) is 10.8. The molecule has 0 saturated heterocycles. The van der Waals surface area contributed by atoms with Crippen molar-refractivity contribution in [2.45, 2.75) is 12.5 Å². The molecule has 0 aliphatic carbocycles. The van der Waals surface area contributed by atoms with Crippen molar-refractivity contribution in [3.63, 3.8) is 0 Å². The highest BCUT2D eigenvalue weighted by Crippen LogP contribution is 2.30. The molecule has 0 aromatic heterocycles. The minimum Gasteiger partial charge on any atom is -0.485 e. The van der Waals surface area contributed by atoms with E-state index in [1.807, 2.05) is 24.3 Å². The van der Waals surface area contributed by atoms with Gasteiger partial charge in [0.25, 0.3) is 0 Å². The molecule has 1 heterocycles. The number of hydrogen-bond acceptors (Lipinski definition) is 3. The van der Waals surface area contributed by atoms with Gasteiger partial charge in [-0.15, -0.1) is 0 Å². The van der Waals surface area contributed by atoms with E-state index in [1.165, 1.54) is 7.11 Å². The normalized spacial score (nSPS) is 17.8. The lowest BCUT2D eigenvalue weighted by Gasteiger charge is -2.11.